The maximum absolute atomic E-state index is 12.8. The first kappa shape index (κ1) is 22.1. The summed E-state index contributed by atoms with van der Waals surface area (Å²) in [5.74, 6) is 0.732. The third-order valence-corrected chi connectivity index (χ3v) is 4.81. The molecule has 1 fully saturated rings. The minimum absolute atomic E-state index is 0.0279. The molecule has 1 aliphatic heterocycles. The Morgan fingerprint density at radius 1 is 0.839 bits per heavy atom. The van der Waals surface area contributed by atoms with Crippen LogP contribution in [0.3, 0.4) is 0 Å². The Labute approximate surface area is 181 Å². The van der Waals surface area contributed by atoms with Gasteiger partial charge in [-0.15, -0.1) is 0 Å². The van der Waals surface area contributed by atoms with Gasteiger partial charge in [-0.1, -0.05) is 18.2 Å². The number of ether oxygens (including phenoxy) is 3. The van der Waals surface area contributed by atoms with Gasteiger partial charge in [0.25, 0.3) is 11.8 Å². The van der Waals surface area contributed by atoms with Gasteiger partial charge in [0.1, 0.15) is 11.5 Å². The lowest BCUT2D eigenvalue weighted by Crippen LogP contribution is -2.39. The van der Waals surface area contributed by atoms with Crippen LogP contribution in [0, 0.1) is 0 Å². The molecule has 0 atom stereocenters. The van der Waals surface area contributed by atoms with E-state index in [-0.39, 0.29) is 25.0 Å². The first-order chi connectivity index (χ1) is 15.1. The van der Waals surface area contributed by atoms with E-state index in [9.17, 15) is 14.4 Å². The topological polar surface area (TPSA) is 85.4 Å². The van der Waals surface area contributed by atoms with Gasteiger partial charge in [-0.05, 0) is 49.7 Å². The Balaban J connectivity index is 1.51. The van der Waals surface area contributed by atoms with Gasteiger partial charge in [0.15, 0.2) is 6.61 Å². The molecule has 8 heteroatoms. The number of hydrogen-bond donors (Lipinski definition) is 0. The van der Waals surface area contributed by atoms with E-state index in [0.29, 0.717) is 49.7 Å². The standard InChI is InChI=1S/C23H26N2O6/c1-2-29-23(28)31-20-11-9-18(10-12-20)22(27)25-14-6-13-24(15-16-25)21(26)17-30-19-7-4-3-5-8-19/h3-5,7-12H,2,6,13-17H2,1H3. The lowest BCUT2D eigenvalue weighted by atomic mass is 10.2. The summed E-state index contributed by atoms with van der Waals surface area (Å²) in [4.78, 5) is 40.2. The van der Waals surface area contributed by atoms with E-state index >= 15 is 0 Å². The molecule has 0 aromatic heterocycles. The van der Waals surface area contributed by atoms with Crippen molar-refractivity contribution in [1.29, 1.82) is 0 Å². The molecule has 2 aromatic carbocycles. The highest BCUT2D eigenvalue weighted by molar-refractivity contribution is 5.94. The van der Waals surface area contributed by atoms with Gasteiger partial charge in [-0.3, -0.25) is 9.59 Å². The number of para-hydroxylation sites is 1. The van der Waals surface area contributed by atoms with Crippen LogP contribution in [-0.2, 0) is 9.53 Å². The third-order valence-electron chi connectivity index (χ3n) is 4.81. The largest absolute Gasteiger partial charge is 0.513 e. The zero-order chi connectivity index (χ0) is 22.1. The maximum Gasteiger partial charge on any atom is 0.513 e. The second kappa shape index (κ2) is 11.0. The molecule has 0 N–H and O–H groups in total. The number of rotatable bonds is 6. The smallest absolute Gasteiger partial charge is 0.484 e. The lowest BCUT2D eigenvalue weighted by Gasteiger charge is -2.22. The van der Waals surface area contributed by atoms with Crippen LogP contribution < -0.4 is 9.47 Å². The molecular formula is C23H26N2O6. The van der Waals surface area contributed by atoms with Crippen LogP contribution in [0.2, 0.25) is 0 Å². The molecule has 0 saturated carbocycles. The van der Waals surface area contributed by atoms with Gasteiger partial charge in [0.2, 0.25) is 0 Å². The monoisotopic (exact) mass is 426 g/mol. The molecule has 0 radical (unpaired) electrons. The van der Waals surface area contributed by atoms with E-state index in [1.165, 1.54) is 0 Å². The minimum atomic E-state index is -0.782. The van der Waals surface area contributed by atoms with Crippen molar-refractivity contribution in [1.82, 2.24) is 9.80 Å². The molecule has 8 nitrogen and oxygen atoms in total. The first-order valence-corrected chi connectivity index (χ1v) is 10.3. The summed E-state index contributed by atoms with van der Waals surface area (Å²) in [6, 6.07) is 15.5. The van der Waals surface area contributed by atoms with E-state index in [1.54, 1.807) is 53.1 Å². The number of benzene rings is 2. The third kappa shape index (κ3) is 6.47. The predicted octanol–water partition coefficient (Wildman–Crippen LogP) is 2.98. The van der Waals surface area contributed by atoms with Crippen LogP contribution in [0.25, 0.3) is 0 Å². The predicted molar refractivity (Wildman–Crippen MR) is 113 cm³/mol. The number of carbonyl (C=O) groups is 3. The van der Waals surface area contributed by atoms with E-state index in [0.717, 1.165) is 0 Å². The Morgan fingerprint density at radius 3 is 2.23 bits per heavy atom. The molecule has 1 saturated heterocycles. The maximum atomic E-state index is 12.8. The molecule has 1 aliphatic rings. The fourth-order valence-corrected chi connectivity index (χ4v) is 3.21. The molecule has 2 aromatic rings. The Morgan fingerprint density at radius 2 is 1.52 bits per heavy atom. The zero-order valence-corrected chi connectivity index (χ0v) is 17.5. The van der Waals surface area contributed by atoms with Gasteiger partial charge in [-0.2, -0.15) is 0 Å². The van der Waals surface area contributed by atoms with E-state index in [1.807, 2.05) is 18.2 Å². The normalized spacial score (nSPS) is 13.8. The number of amides is 2. The highest BCUT2D eigenvalue weighted by Crippen LogP contribution is 2.16. The van der Waals surface area contributed by atoms with Gasteiger partial charge < -0.3 is 24.0 Å². The van der Waals surface area contributed by atoms with Crippen molar-refractivity contribution in [3.8, 4) is 11.5 Å². The summed E-state index contributed by atoms with van der Waals surface area (Å²) in [7, 11) is 0. The van der Waals surface area contributed by atoms with Crippen molar-refractivity contribution >= 4 is 18.0 Å². The quantitative estimate of drug-likeness (QED) is 0.522. The summed E-state index contributed by atoms with van der Waals surface area (Å²) >= 11 is 0. The number of hydrogen-bond acceptors (Lipinski definition) is 6. The summed E-state index contributed by atoms with van der Waals surface area (Å²) < 4.78 is 15.3. The van der Waals surface area contributed by atoms with Crippen molar-refractivity contribution in [3.05, 3.63) is 60.2 Å². The molecule has 1 heterocycles. The van der Waals surface area contributed by atoms with Crippen LogP contribution in [0.1, 0.15) is 23.7 Å². The molecule has 164 valence electrons. The second-order valence-electron chi connectivity index (χ2n) is 6.94. The van der Waals surface area contributed by atoms with Crippen LogP contribution in [0.5, 0.6) is 11.5 Å². The summed E-state index contributed by atoms with van der Waals surface area (Å²) in [5, 5.41) is 0. The molecule has 31 heavy (non-hydrogen) atoms. The van der Waals surface area contributed by atoms with Gasteiger partial charge in [0.05, 0.1) is 6.61 Å². The van der Waals surface area contributed by atoms with E-state index < -0.39 is 6.16 Å². The number of carbonyl (C=O) groups excluding carboxylic acids is 3. The Kier molecular flexibility index (Phi) is 7.86. The fraction of sp³-hybridized carbons (Fsp3) is 0.348. The fourth-order valence-electron chi connectivity index (χ4n) is 3.21. The molecule has 3 rings (SSSR count). The van der Waals surface area contributed by atoms with Gasteiger partial charge in [-0.25, -0.2) is 4.79 Å². The average Bonchev–Trinajstić information content (AvgIpc) is 3.05. The van der Waals surface area contributed by atoms with Crippen molar-refractivity contribution < 1.29 is 28.6 Å². The highest BCUT2D eigenvalue weighted by Gasteiger charge is 2.23. The molecule has 2 amide bonds. The zero-order valence-electron chi connectivity index (χ0n) is 17.5. The van der Waals surface area contributed by atoms with Crippen LogP contribution in [0.15, 0.2) is 54.6 Å². The lowest BCUT2D eigenvalue weighted by molar-refractivity contribution is -0.133. The van der Waals surface area contributed by atoms with Crippen LogP contribution in [0.4, 0.5) is 4.79 Å². The van der Waals surface area contributed by atoms with Crippen molar-refractivity contribution in [2.24, 2.45) is 0 Å². The SMILES string of the molecule is CCOC(=O)Oc1ccc(C(=O)N2CCCN(C(=O)COc3ccccc3)CC2)cc1. The molecular weight excluding hydrogens is 400 g/mol. The molecule has 0 bridgehead atoms. The van der Waals surface area contributed by atoms with E-state index in [2.05, 4.69) is 0 Å². The molecule has 0 unspecified atom stereocenters. The molecule has 0 spiro atoms. The molecule has 0 aliphatic carbocycles. The first-order valence-electron chi connectivity index (χ1n) is 10.3. The number of nitrogens with zero attached hydrogens (tertiary/aromatic N) is 2. The Bertz CT molecular complexity index is 885. The van der Waals surface area contributed by atoms with Gasteiger partial charge in [0, 0.05) is 31.7 Å². The second-order valence-corrected chi connectivity index (χ2v) is 6.94. The van der Waals surface area contributed by atoms with Crippen LogP contribution >= 0.6 is 0 Å². The van der Waals surface area contributed by atoms with Crippen molar-refractivity contribution in [3.63, 3.8) is 0 Å². The highest BCUT2D eigenvalue weighted by atomic mass is 16.7. The Hall–Kier alpha value is -3.55. The summed E-state index contributed by atoms with van der Waals surface area (Å²) in [6.07, 6.45) is -0.0949. The summed E-state index contributed by atoms with van der Waals surface area (Å²) in [5.41, 5.74) is 0.489. The summed E-state index contributed by atoms with van der Waals surface area (Å²) in [6.45, 7) is 3.91. The van der Waals surface area contributed by atoms with Gasteiger partial charge >= 0.3 is 6.16 Å². The average molecular weight is 426 g/mol. The minimum Gasteiger partial charge on any atom is -0.484 e. The van der Waals surface area contributed by atoms with E-state index in [4.69, 9.17) is 14.2 Å². The van der Waals surface area contributed by atoms with Crippen molar-refractivity contribution in [2.45, 2.75) is 13.3 Å². The van der Waals surface area contributed by atoms with Crippen LogP contribution in [-0.4, -0.2) is 67.2 Å². The van der Waals surface area contributed by atoms with Crippen molar-refractivity contribution in [2.75, 3.05) is 39.4 Å².